The largest absolute Gasteiger partial charge is 0.379 e. The number of anilines is 1. The van der Waals surface area contributed by atoms with Gasteiger partial charge in [-0.1, -0.05) is 41.9 Å². The molecule has 1 N–H and O–H groups in total. The van der Waals surface area contributed by atoms with Crippen LogP contribution in [0.5, 0.6) is 0 Å². The van der Waals surface area contributed by atoms with Crippen molar-refractivity contribution >= 4 is 33.2 Å². The number of rotatable bonds is 7. The van der Waals surface area contributed by atoms with Crippen molar-refractivity contribution in [2.45, 2.75) is 24.2 Å². The van der Waals surface area contributed by atoms with Gasteiger partial charge in [0, 0.05) is 26.2 Å². The van der Waals surface area contributed by atoms with E-state index in [0.717, 1.165) is 32.4 Å². The van der Waals surface area contributed by atoms with Crippen LogP contribution in [0.4, 0.5) is 5.69 Å². The summed E-state index contributed by atoms with van der Waals surface area (Å²) in [5.41, 5.74) is 1.78. The van der Waals surface area contributed by atoms with Gasteiger partial charge in [0.25, 0.3) is 0 Å². The molecule has 33 heavy (non-hydrogen) atoms. The highest BCUT2D eigenvalue weighted by molar-refractivity contribution is 7.89. The van der Waals surface area contributed by atoms with Gasteiger partial charge in [-0.05, 0) is 48.9 Å². The lowest BCUT2D eigenvalue weighted by Crippen LogP contribution is -2.41. The van der Waals surface area contributed by atoms with Crippen molar-refractivity contribution in [3.63, 3.8) is 0 Å². The Balaban J connectivity index is 1.31. The van der Waals surface area contributed by atoms with Gasteiger partial charge in [-0.15, -0.1) is 0 Å². The molecule has 2 saturated heterocycles. The first-order chi connectivity index (χ1) is 15.9. The van der Waals surface area contributed by atoms with E-state index in [1.54, 1.807) is 6.07 Å². The molecule has 0 aromatic heterocycles. The van der Waals surface area contributed by atoms with Crippen LogP contribution in [-0.4, -0.2) is 69.5 Å². The van der Waals surface area contributed by atoms with Crippen molar-refractivity contribution in [2.24, 2.45) is 5.92 Å². The fourth-order valence-electron chi connectivity index (χ4n) is 4.35. The van der Waals surface area contributed by atoms with Crippen molar-refractivity contribution in [1.29, 1.82) is 0 Å². The molecule has 7 nitrogen and oxygen atoms in total. The van der Waals surface area contributed by atoms with Crippen molar-refractivity contribution in [2.75, 3.05) is 51.3 Å². The van der Waals surface area contributed by atoms with Crippen LogP contribution in [0.15, 0.2) is 53.4 Å². The Bertz CT molecular complexity index is 1050. The summed E-state index contributed by atoms with van der Waals surface area (Å²) in [5, 5.41) is 3.43. The summed E-state index contributed by atoms with van der Waals surface area (Å²) in [6.07, 6.45) is 3.00. The Labute approximate surface area is 200 Å². The van der Waals surface area contributed by atoms with Gasteiger partial charge in [0.05, 0.1) is 35.4 Å². The van der Waals surface area contributed by atoms with Crippen molar-refractivity contribution in [1.82, 2.24) is 9.21 Å². The number of halogens is 1. The molecule has 0 unspecified atom stereocenters. The smallest absolute Gasteiger partial charge is 0.243 e. The molecule has 0 spiro atoms. The number of likely N-dealkylation sites (tertiary alicyclic amines) is 1. The number of amides is 1. The van der Waals surface area contributed by atoms with E-state index >= 15 is 0 Å². The number of ether oxygens (including phenoxy) is 1. The Kier molecular flexibility index (Phi) is 7.90. The lowest BCUT2D eigenvalue weighted by atomic mass is 9.90. The van der Waals surface area contributed by atoms with Crippen LogP contribution in [0.1, 0.15) is 18.4 Å². The van der Waals surface area contributed by atoms with Crippen molar-refractivity contribution in [3.8, 4) is 0 Å². The van der Waals surface area contributed by atoms with E-state index < -0.39 is 10.0 Å². The predicted molar refractivity (Wildman–Crippen MR) is 129 cm³/mol. The first kappa shape index (κ1) is 24.0. The number of hydrogen-bond acceptors (Lipinski definition) is 5. The second-order valence-corrected chi connectivity index (χ2v) is 10.9. The molecular weight excluding hydrogens is 462 g/mol. The second-order valence-electron chi connectivity index (χ2n) is 8.53. The summed E-state index contributed by atoms with van der Waals surface area (Å²) in [7, 11) is -3.63. The fraction of sp³-hybridized carbons (Fsp3) is 0.458. The highest BCUT2D eigenvalue weighted by Crippen LogP contribution is 2.28. The monoisotopic (exact) mass is 491 g/mol. The number of carbonyl (C=O) groups is 1. The number of carbonyl (C=O) groups excluding carboxylic acids is 1. The number of sulfonamides is 1. The van der Waals surface area contributed by atoms with Gasteiger partial charge < -0.3 is 15.0 Å². The van der Waals surface area contributed by atoms with E-state index in [4.69, 9.17) is 16.3 Å². The van der Waals surface area contributed by atoms with Crippen LogP contribution in [0.3, 0.4) is 0 Å². The molecular formula is C24H30ClN3O4S. The van der Waals surface area contributed by atoms with Gasteiger partial charge in [0.15, 0.2) is 0 Å². The average molecular weight is 492 g/mol. The van der Waals surface area contributed by atoms with E-state index in [-0.39, 0.29) is 17.3 Å². The van der Waals surface area contributed by atoms with E-state index in [0.29, 0.717) is 42.9 Å². The van der Waals surface area contributed by atoms with Gasteiger partial charge >= 0.3 is 0 Å². The molecule has 2 fully saturated rings. The fourth-order valence-corrected chi connectivity index (χ4v) is 5.97. The normalized spacial score (nSPS) is 18.3. The maximum absolute atomic E-state index is 12.9. The molecule has 2 aliphatic heterocycles. The van der Waals surface area contributed by atoms with E-state index in [1.807, 2.05) is 11.0 Å². The standard InChI is InChI=1S/C24H30ClN3O4S/c25-22-7-6-21(33(30,31)28-12-14-32-15-13-28)17-23(22)26-18-24(29)27-10-8-20(9-11-27)16-19-4-2-1-3-5-19/h1-7,17,20,26H,8-16,18H2. The summed E-state index contributed by atoms with van der Waals surface area (Å²) in [6.45, 7) is 2.96. The van der Waals surface area contributed by atoms with Crippen LogP contribution in [0.25, 0.3) is 0 Å². The molecule has 4 rings (SSSR count). The van der Waals surface area contributed by atoms with E-state index in [1.165, 1.54) is 22.0 Å². The zero-order valence-corrected chi connectivity index (χ0v) is 20.2. The SMILES string of the molecule is O=C(CNc1cc(S(=O)(=O)N2CCOCC2)ccc1Cl)N1CCC(Cc2ccccc2)CC1. The van der Waals surface area contributed by atoms with Gasteiger partial charge in [0.1, 0.15) is 0 Å². The number of nitrogens with one attached hydrogen (secondary N) is 1. The molecule has 2 aromatic rings. The minimum absolute atomic E-state index is 0.00864. The summed E-state index contributed by atoms with van der Waals surface area (Å²) in [6, 6.07) is 15.0. The third kappa shape index (κ3) is 6.06. The molecule has 0 radical (unpaired) electrons. The average Bonchev–Trinajstić information content (AvgIpc) is 2.85. The molecule has 0 bridgehead atoms. The Morgan fingerprint density at radius 3 is 2.42 bits per heavy atom. The van der Waals surface area contributed by atoms with Crippen LogP contribution >= 0.6 is 11.6 Å². The van der Waals surface area contributed by atoms with Crippen LogP contribution in [-0.2, 0) is 26.0 Å². The Morgan fingerprint density at radius 2 is 1.73 bits per heavy atom. The molecule has 2 aromatic carbocycles. The zero-order chi connectivity index (χ0) is 23.3. The minimum atomic E-state index is -3.63. The topological polar surface area (TPSA) is 79.0 Å². The summed E-state index contributed by atoms with van der Waals surface area (Å²) < 4.78 is 32.5. The molecule has 9 heteroatoms. The number of hydrogen-bond donors (Lipinski definition) is 1. The van der Waals surface area contributed by atoms with Crippen LogP contribution in [0.2, 0.25) is 5.02 Å². The third-order valence-electron chi connectivity index (χ3n) is 6.31. The summed E-state index contributed by atoms with van der Waals surface area (Å²) in [5.74, 6) is 0.576. The molecule has 1 amide bonds. The van der Waals surface area contributed by atoms with E-state index in [2.05, 4.69) is 29.6 Å². The van der Waals surface area contributed by atoms with Crippen molar-refractivity contribution < 1.29 is 17.9 Å². The summed E-state index contributed by atoms with van der Waals surface area (Å²) >= 11 is 6.28. The molecule has 0 saturated carbocycles. The summed E-state index contributed by atoms with van der Waals surface area (Å²) in [4.78, 5) is 14.8. The quantitative estimate of drug-likeness (QED) is 0.643. The first-order valence-electron chi connectivity index (χ1n) is 11.4. The number of piperidine rings is 1. The highest BCUT2D eigenvalue weighted by Gasteiger charge is 2.27. The number of benzene rings is 2. The van der Waals surface area contributed by atoms with Gasteiger partial charge in [-0.3, -0.25) is 4.79 Å². The van der Waals surface area contributed by atoms with Gasteiger partial charge in [0.2, 0.25) is 15.9 Å². The lowest BCUT2D eigenvalue weighted by Gasteiger charge is -2.32. The number of morpholine rings is 1. The predicted octanol–water partition coefficient (Wildman–Crippen LogP) is 3.25. The maximum Gasteiger partial charge on any atom is 0.243 e. The molecule has 2 aliphatic rings. The highest BCUT2D eigenvalue weighted by atomic mass is 35.5. The third-order valence-corrected chi connectivity index (χ3v) is 8.53. The molecule has 0 aliphatic carbocycles. The molecule has 2 heterocycles. The second kappa shape index (κ2) is 10.9. The van der Waals surface area contributed by atoms with Crippen molar-refractivity contribution in [3.05, 3.63) is 59.1 Å². The molecule has 178 valence electrons. The Hall–Kier alpha value is -2.13. The first-order valence-corrected chi connectivity index (χ1v) is 13.2. The Morgan fingerprint density at radius 1 is 1.03 bits per heavy atom. The van der Waals surface area contributed by atoms with Gasteiger partial charge in [-0.2, -0.15) is 4.31 Å². The minimum Gasteiger partial charge on any atom is -0.379 e. The zero-order valence-electron chi connectivity index (χ0n) is 18.6. The van der Waals surface area contributed by atoms with Gasteiger partial charge in [-0.25, -0.2) is 8.42 Å². The van der Waals surface area contributed by atoms with E-state index in [9.17, 15) is 13.2 Å². The number of nitrogens with zero attached hydrogens (tertiary/aromatic N) is 2. The van der Waals surface area contributed by atoms with Crippen LogP contribution < -0.4 is 5.32 Å². The molecule has 0 atom stereocenters. The lowest BCUT2D eigenvalue weighted by molar-refractivity contribution is -0.130. The van der Waals surface area contributed by atoms with Crippen LogP contribution in [0, 0.1) is 5.92 Å². The maximum atomic E-state index is 12.9.